The normalized spacial score (nSPS) is 11.9. The molecule has 7 nitrogen and oxygen atoms in total. The number of carbonyl (C=O) groups excluding carboxylic acids is 2. The molecule has 1 atom stereocenters. The third-order valence-electron chi connectivity index (χ3n) is 2.00. The molecule has 1 aromatic heterocycles. The number of amides is 1. The molecule has 0 fully saturated rings. The van der Waals surface area contributed by atoms with Crippen LogP contribution >= 0.6 is 11.8 Å². The molecular weight excluding hydrogens is 258 g/mol. The number of aromatic nitrogens is 2. The van der Waals surface area contributed by atoms with E-state index in [0.717, 1.165) is 11.8 Å². The lowest BCUT2D eigenvalue weighted by Crippen LogP contribution is -2.41. The van der Waals surface area contributed by atoms with E-state index in [1.165, 1.54) is 20.2 Å². The molecule has 1 aromatic rings. The fourth-order valence-electron chi connectivity index (χ4n) is 1.33. The average molecular weight is 271 g/mol. The lowest BCUT2D eigenvalue weighted by molar-refractivity contribution is -0.141. The first-order chi connectivity index (χ1) is 8.40. The molecule has 0 saturated carbocycles. The average Bonchev–Trinajstić information content (AvgIpc) is 2.63. The number of rotatable bonds is 5. The highest BCUT2D eigenvalue weighted by Gasteiger charge is 2.22. The predicted molar refractivity (Wildman–Crippen MR) is 64.1 cm³/mol. The van der Waals surface area contributed by atoms with Gasteiger partial charge in [0.15, 0.2) is 5.12 Å². The molecule has 1 heterocycles. The van der Waals surface area contributed by atoms with E-state index in [4.69, 9.17) is 5.11 Å². The van der Waals surface area contributed by atoms with Crippen LogP contribution in [0.5, 0.6) is 0 Å². The molecule has 3 N–H and O–H groups in total. The minimum absolute atomic E-state index is 0.0462. The molecule has 0 unspecified atom stereocenters. The Morgan fingerprint density at radius 3 is 2.67 bits per heavy atom. The SMILES string of the molecule is CC(=O)N[C@@H](Cc1[nH]cnc1SC(C)=O)C(=O)O. The van der Waals surface area contributed by atoms with Gasteiger partial charge < -0.3 is 15.4 Å². The van der Waals surface area contributed by atoms with Crippen molar-refractivity contribution in [2.24, 2.45) is 0 Å². The van der Waals surface area contributed by atoms with E-state index in [-0.39, 0.29) is 11.5 Å². The Labute approximate surface area is 107 Å². The summed E-state index contributed by atoms with van der Waals surface area (Å²) in [4.78, 5) is 39.5. The second-order valence-corrected chi connectivity index (χ2v) is 4.74. The number of nitrogens with one attached hydrogen (secondary N) is 2. The maximum absolute atomic E-state index is 11.0. The second-order valence-electron chi connectivity index (χ2n) is 3.58. The zero-order valence-electron chi connectivity index (χ0n) is 9.89. The number of H-pyrrole nitrogens is 1. The second kappa shape index (κ2) is 6.20. The van der Waals surface area contributed by atoms with Crippen LogP contribution in [-0.2, 0) is 20.8 Å². The predicted octanol–water partition coefficient (Wildman–Crippen LogP) is 0.180. The molecule has 0 aliphatic carbocycles. The summed E-state index contributed by atoms with van der Waals surface area (Å²) in [6.45, 7) is 2.64. The summed E-state index contributed by atoms with van der Waals surface area (Å²) in [6.07, 6.45) is 1.43. The Kier molecular flexibility index (Phi) is 4.90. The lowest BCUT2D eigenvalue weighted by Gasteiger charge is -2.12. The van der Waals surface area contributed by atoms with Crippen molar-refractivity contribution in [3.63, 3.8) is 0 Å². The van der Waals surface area contributed by atoms with Crippen LogP contribution < -0.4 is 5.32 Å². The summed E-state index contributed by atoms with van der Waals surface area (Å²) in [5.74, 6) is -1.57. The monoisotopic (exact) mass is 271 g/mol. The first-order valence-electron chi connectivity index (χ1n) is 5.10. The first-order valence-corrected chi connectivity index (χ1v) is 5.92. The Hall–Kier alpha value is -1.83. The van der Waals surface area contributed by atoms with Gasteiger partial charge in [0.1, 0.15) is 11.1 Å². The number of hydrogen-bond donors (Lipinski definition) is 3. The summed E-state index contributed by atoms with van der Waals surface area (Å²) in [5.41, 5.74) is 0.511. The Bertz CT molecular complexity index is 471. The molecule has 0 spiro atoms. The molecule has 0 radical (unpaired) electrons. The third-order valence-corrected chi connectivity index (χ3v) is 2.84. The van der Waals surface area contributed by atoms with Crippen LogP contribution in [0.3, 0.4) is 0 Å². The number of carbonyl (C=O) groups is 3. The highest BCUT2D eigenvalue weighted by molar-refractivity contribution is 8.13. The Morgan fingerprint density at radius 1 is 1.50 bits per heavy atom. The summed E-state index contributed by atoms with van der Waals surface area (Å²) in [7, 11) is 0. The Morgan fingerprint density at radius 2 is 2.17 bits per heavy atom. The van der Waals surface area contributed by atoms with Crippen LogP contribution in [0.25, 0.3) is 0 Å². The minimum Gasteiger partial charge on any atom is -0.480 e. The number of aromatic amines is 1. The van der Waals surface area contributed by atoms with Crippen molar-refractivity contribution < 1.29 is 19.5 Å². The highest BCUT2D eigenvalue weighted by Crippen LogP contribution is 2.20. The number of carboxylic acids is 1. The Balaban J connectivity index is 2.80. The van der Waals surface area contributed by atoms with Gasteiger partial charge >= 0.3 is 5.97 Å². The van der Waals surface area contributed by atoms with Gasteiger partial charge in [-0.2, -0.15) is 0 Å². The van der Waals surface area contributed by atoms with Gasteiger partial charge in [0, 0.05) is 20.3 Å². The van der Waals surface area contributed by atoms with Crippen LogP contribution in [-0.4, -0.2) is 38.1 Å². The highest BCUT2D eigenvalue weighted by atomic mass is 32.2. The molecule has 0 aromatic carbocycles. The van der Waals surface area contributed by atoms with Crippen molar-refractivity contribution in [3.8, 4) is 0 Å². The van der Waals surface area contributed by atoms with E-state index in [9.17, 15) is 14.4 Å². The fraction of sp³-hybridized carbons (Fsp3) is 0.400. The summed E-state index contributed by atoms with van der Waals surface area (Å²) in [5, 5.41) is 11.6. The molecule has 0 bridgehead atoms. The van der Waals surface area contributed by atoms with Gasteiger partial charge in [-0.3, -0.25) is 9.59 Å². The van der Waals surface area contributed by atoms with Crippen molar-refractivity contribution in [2.45, 2.75) is 31.3 Å². The van der Waals surface area contributed by atoms with Gasteiger partial charge in [0.2, 0.25) is 5.91 Å². The molecular formula is C10H13N3O4S. The van der Waals surface area contributed by atoms with Gasteiger partial charge in [-0.05, 0) is 11.8 Å². The van der Waals surface area contributed by atoms with Gasteiger partial charge in [-0.15, -0.1) is 0 Å². The van der Waals surface area contributed by atoms with Gasteiger partial charge in [-0.1, -0.05) is 0 Å². The number of aliphatic carboxylic acids is 1. The summed E-state index contributed by atoms with van der Waals surface area (Å²) in [6, 6.07) is -1.05. The number of hydrogen-bond acceptors (Lipinski definition) is 5. The van der Waals surface area contributed by atoms with Crippen LogP contribution in [0.15, 0.2) is 11.4 Å². The molecule has 1 rings (SSSR count). The van der Waals surface area contributed by atoms with E-state index in [1.807, 2.05) is 0 Å². The molecule has 0 aliphatic heterocycles. The smallest absolute Gasteiger partial charge is 0.326 e. The van der Waals surface area contributed by atoms with E-state index in [2.05, 4.69) is 15.3 Å². The van der Waals surface area contributed by atoms with Crippen molar-refractivity contribution in [1.29, 1.82) is 0 Å². The molecule has 1 amide bonds. The molecule has 98 valence electrons. The maximum Gasteiger partial charge on any atom is 0.326 e. The van der Waals surface area contributed by atoms with Gasteiger partial charge in [0.25, 0.3) is 0 Å². The van der Waals surface area contributed by atoms with E-state index >= 15 is 0 Å². The largest absolute Gasteiger partial charge is 0.480 e. The number of thioether (sulfide) groups is 1. The van der Waals surface area contributed by atoms with Gasteiger partial charge in [0.05, 0.1) is 12.0 Å². The molecule has 0 aliphatic rings. The lowest BCUT2D eigenvalue weighted by atomic mass is 10.1. The van der Waals surface area contributed by atoms with E-state index in [0.29, 0.717) is 10.7 Å². The molecule has 18 heavy (non-hydrogen) atoms. The topological polar surface area (TPSA) is 112 Å². The van der Waals surface area contributed by atoms with Crippen molar-refractivity contribution in [2.75, 3.05) is 0 Å². The zero-order chi connectivity index (χ0) is 13.7. The van der Waals surface area contributed by atoms with Crippen LogP contribution in [0, 0.1) is 0 Å². The fourth-order valence-corrected chi connectivity index (χ4v) is 1.97. The summed E-state index contributed by atoms with van der Waals surface area (Å²) >= 11 is 0.917. The number of imidazole rings is 1. The molecule has 8 heteroatoms. The van der Waals surface area contributed by atoms with Crippen LogP contribution in [0.4, 0.5) is 0 Å². The third kappa shape index (κ3) is 4.21. The summed E-state index contributed by atoms with van der Waals surface area (Å²) < 4.78 is 0. The standard InChI is InChI=1S/C10H13N3O4S/c1-5(14)13-8(10(16)17)3-7-9(12-4-11-7)18-6(2)15/h4,8H,3H2,1-2H3,(H,11,12)(H,13,14)(H,16,17)/t8-/m0/s1. The zero-order valence-corrected chi connectivity index (χ0v) is 10.7. The maximum atomic E-state index is 11.0. The van der Waals surface area contributed by atoms with Crippen LogP contribution in [0.2, 0.25) is 0 Å². The number of carboxylic acid groups (broad SMARTS) is 1. The van der Waals surface area contributed by atoms with E-state index in [1.54, 1.807) is 0 Å². The molecule has 0 saturated heterocycles. The first kappa shape index (κ1) is 14.2. The van der Waals surface area contributed by atoms with Gasteiger partial charge in [-0.25, -0.2) is 9.78 Å². The quantitative estimate of drug-likeness (QED) is 0.659. The van der Waals surface area contributed by atoms with E-state index < -0.39 is 17.9 Å². The van der Waals surface area contributed by atoms with Crippen molar-refractivity contribution >= 4 is 28.8 Å². The van der Waals surface area contributed by atoms with Crippen molar-refractivity contribution in [3.05, 3.63) is 12.0 Å². The van der Waals surface area contributed by atoms with Crippen molar-refractivity contribution in [1.82, 2.24) is 15.3 Å². The minimum atomic E-state index is -1.14. The van der Waals surface area contributed by atoms with Crippen LogP contribution in [0.1, 0.15) is 19.5 Å². The number of nitrogens with zero attached hydrogens (tertiary/aromatic N) is 1.